The van der Waals surface area contributed by atoms with Gasteiger partial charge in [-0.2, -0.15) is 0 Å². The summed E-state index contributed by atoms with van der Waals surface area (Å²) in [5, 5.41) is 8.37. The molecule has 0 atom stereocenters. The van der Waals surface area contributed by atoms with Crippen LogP contribution in [0.25, 0.3) is 0 Å². The number of ether oxygens (including phenoxy) is 1. The van der Waals surface area contributed by atoms with Crippen LogP contribution in [-0.4, -0.2) is 25.1 Å². The van der Waals surface area contributed by atoms with E-state index in [0.29, 0.717) is 23.5 Å². The third-order valence-corrected chi connectivity index (χ3v) is 3.44. The van der Waals surface area contributed by atoms with Crippen molar-refractivity contribution >= 4 is 17.6 Å². The molecule has 3 amide bonds. The van der Waals surface area contributed by atoms with Crippen molar-refractivity contribution < 1.29 is 14.3 Å². The van der Waals surface area contributed by atoms with Gasteiger partial charge in [0.2, 0.25) is 0 Å². The summed E-state index contributed by atoms with van der Waals surface area (Å²) in [5.74, 6) is 0.558. The van der Waals surface area contributed by atoms with Crippen molar-refractivity contribution in [1.29, 1.82) is 0 Å². The Labute approximate surface area is 147 Å². The van der Waals surface area contributed by atoms with Gasteiger partial charge in [-0.1, -0.05) is 12.1 Å². The Balaban J connectivity index is 1.86. The predicted octanol–water partition coefficient (Wildman–Crippen LogP) is 3.16. The van der Waals surface area contributed by atoms with E-state index in [1.807, 2.05) is 26.0 Å². The van der Waals surface area contributed by atoms with Gasteiger partial charge < -0.3 is 20.7 Å². The van der Waals surface area contributed by atoms with E-state index in [2.05, 4.69) is 16.0 Å². The van der Waals surface area contributed by atoms with E-state index in [1.54, 1.807) is 43.5 Å². The van der Waals surface area contributed by atoms with Crippen LogP contribution in [0.15, 0.2) is 48.5 Å². The number of amides is 3. The number of hydrogen-bond donors (Lipinski definition) is 3. The van der Waals surface area contributed by atoms with E-state index >= 15 is 0 Å². The molecule has 25 heavy (non-hydrogen) atoms. The number of anilines is 1. The lowest BCUT2D eigenvalue weighted by atomic mass is 10.1. The van der Waals surface area contributed by atoms with Crippen molar-refractivity contribution in [2.45, 2.75) is 26.4 Å². The molecule has 2 aromatic rings. The van der Waals surface area contributed by atoms with Gasteiger partial charge in [0.1, 0.15) is 5.75 Å². The first-order valence-corrected chi connectivity index (χ1v) is 8.06. The third-order valence-electron chi connectivity index (χ3n) is 3.44. The molecular formula is C19H23N3O3. The first-order valence-electron chi connectivity index (χ1n) is 8.06. The van der Waals surface area contributed by atoms with E-state index in [-0.39, 0.29) is 18.0 Å². The maximum Gasteiger partial charge on any atom is 0.319 e. The molecule has 0 aliphatic heterocycles. The number of methoxy groups -OCH3 is 1. The fourth-order valence-corrected chi connectivity index (χ4v) is 2.16. The van der Waals surface area contributed by atoms with Gasteiger partial charge in [0.25, 0.3) is 5.91 Å². The lowest BCUT2D eigenvalue weighted by molar-refractivity contribution is 0.0951. The lowest BCUT2D eigenvalue weighted by Gasteiger charge is -2.11. The summed E-state index contributed by atoms with van der Waals surface area (Å²) in [5.41, 5.74) is 2.21. The van der Waals surface area contributed by atoms with Crippen molar-refractivity contribution in [3.05, 3.63) is 59.7 Å². The molecular weight excluding hydrogens is 318 g/mol. The molecule has 0 saturated carbocycles. The molecule has 0 spiro atoms. The summed E-state index contributed by atoms with van der Waals surface area (Å²) in [4.78, 5) is 23.8. The number of carbonyl (C=O) groups is 2. The highest BCUT2D eigenvalue weighted by molar-refractivity contribution is 5.94. The number of carbonyl (C=O) groups excluding carboxylic acids is 2. The quantitative estimate of drug-likeness (QED) is 0.755. The Hall–Kier alpha value is -3.02. The smallest absolute Gasteiger partial charge is 0.319 e. The molecule has 0 radical (unpaired) electrons. The molecule has 6 nitrogen and oxygen atoms in total. The van der Waals surface area contributed by atoms with E-state index in [1.165, 1.54) is 0 Å². The molecule has 0 bridgehead atoms. The van der Waals surface area contributed by atoms with Crippen LogP contribution in [-0.2, 0) is 6.54 Å². The Kier molecular flexibility index (Phi) is 6.39. The largest absolute Gasteiger partial charge is 0.497 e. The van der Waals surface area contributed by atoms with Crippen molar-refractivity contribution in [2.75, 3.05) is 12.4 Å². The van der Waals surface area contributed by atoms with Gasteiger partial charge in [-0.25, -0.2) is 4.79 Å². The second-order valence-electron chi connectivity index (χ2n) is 5.86. The molecule has 2 aromatic carbocycles. The molecule has 0 aromatic heterocycles. The molecule has 0 aliphatic carbocycles. The van der Waals surface area contributed by atoms with Crippen LogP contribution in [0.4, 0.5) is 10.5 Å². The Bertz CT molecular complexity index is 710. The molecule has 0 heterocycles. The molecule has 0 aliphatic rings. The van der Waals surface area contributed by atoms with Gasteiger partial charge in [0.15, 0.2) is 0 Å². The number of nitrogens with one attached hydrogen (secondary N) is 3. The summed E-state index contributed by atoms with van der Waals surface area (Å²) in [6, 6.07) is 14.1. The average Bonchev–Trinajstić information content (AvgIpc) is 2.60. The molecule has 132 valence electrons. The third kappa shape index (κ3) is 5.84. The van der Waals surface area contributed by atoms with Crippen LogP contribution in [0.3, 0.4) is 0 Å². The topological polar surface area (TPSA) is 79.5 Å². The summed E-state index contributed by atoms with van der Waals surface area (Å²) in [6.07, 6.45) is 0. The van der Waals surface area contributed by atoms with Gasteiger partial charge in [-0.15, -0.1) is 0 Å². The van der Waals surface area contributed by atoms with Gasteiger partial charge >= 0.3 is 6.03 Å². The summed E-state index contributed by atoms with van der Waals surface area (Å²) in [6.45, 7) is 4.20. The van der Waals surface area contributed by atoms with E-state index in [4.69, 9.17) is 4.74 Å². The molecule has 0 saturated heterocycles. The van der Waals surface area contributed by atoms with Gasteiger partial charge in [-0.3, -0.25) is 4.79 Å². The van der Waals surface area contributed by atoms with Crippen LogP contribution in [0.2, 0.25) is 0 Å². The number of rotatable bonds is 6. The minimum Gasteiger partial charge on any atom is -0.497 e. The zero-order valence-electron chi connectivity index (χ0n) is 14.6. The van der Waals surface area contributed by atoms with Crippen molar-refractivity contribution in [3.8, 4) is 5.75 Å². The van der Waals surface area contributed by atoms with Crippen LogP contribution in [0.1, 0.15) is 29.8 Å². The SMILES string of the molecule is COc1ccc(C(=O)NCc2ccc(NC(=O)NC(C)C)cc2)cc1. The second-order valence-corrected chi connectivity index (χ2v) is 5.86. The summed E-state index contributed by atoms with van der Waals surface area (Å²) in [7, 11) is 1.58. The fourth-order valence-electron chi connectivity index (χ4n) is 2.16. The van der Waals surface area contributed by atoms with Gasteiger partial charge in [0, 0.05) is 23.8 Å². The van der Waals surface area contributed by atoms with E-state index in [9.17, 15) is 9.59 Å². The van der Waals surface area contributed by atoms with Crippen LogP contribution in [0.5, 0.6) is 5.75 Å². The lowest BCUT2D eigenvalue weighted by Crippen LogP contribution is -2.34. The Morgan fingerprint density at radius 1 is 1.00 bits per heavy atom. The monoisotopic (exact) mass is 341 g/mol. The molecule has 6 heteroatoms. The number of benzene rings is 2. The highest BCUT2D eigenvalue weighted by Gasteiger charge is 2.06. The Morgan fingerprint density at radius 2 is 1.64 bits per heavy atom. The van der Waals surface area contributed by atoms with E-state index in [0.717, 1.165) is 5.56 Å². The standard InChI is InChI=1S/C19H23N3O3/c1-13(2)21-19(24)22-16-8-4-14(5-9-16)12-20-18(23)15-6-10-17(25-3)11-7-15/h4-11,13H,12H2,1-3H3,(H,20,23)(H2,21,22,24). The Morgan fingerprint density at radius 3 is 2.20 bits per heavy atom. The highest BCUT2D eigenvalue weighted by Crippen LogP contribution is 2.12. The van der Waals surface area contributed by atoms with Crippen LogP contribution >= 0.6 is 0 Å². The maximum atomic E-state index is 12.1. The molecule has 0 unspecified atom stereocenters. The molecule has 0 fully saturated rings. The second kappa shape index (κ2) is 8.73. The van der Waals surface area contributed by atoms with Crippen molar-refractivity contribution in [3.63, 3.8) is 0 Å². The van der Waals surface area contributed by atoms with Crippen molar-refractivity contribution in [1.82, 2.24) is 10.6 Å². The first-order chi connectivity index (χ1) is 12.0. The highest BCUT2D eigenvalue weighted by atomic mass is 16.5. The van der Waals surface area contributed by atoms with Crippen LogP contribution in [0, 0.1) is 0 Å². The number of urea groups is 1. The number of hydrogen-bond acceptors (Lipinski definition) is 3. The average molecular weight is 341 g/mol. The zero-order valence-corrected chi connectivity index (χ0v) is 14.6. The van der Waals surface area contributed by atoms with Crippen LogP contribution < -0.4 is 20.7 Å². The molecule has 3 N–H and O–H groups in total. The van der Waals surface area contributed by atoms with Gasteiger partial charge in [-0.05, 0) is 55.8 Å². The normalized spacial score (nSPS) is 10.2. The predicted molar refractivity (Wildman–Crippen MR) is 97.9 cm³/mol. The van der Waals surface area contributed by atoms with E-state index < -0.39 is 0 Å². The maximum absolute atomic E-state index is 12.1. The first kappa shape index (κ1) is 18.3. The van der Waals surface area contributed by atoms with Crippen molar-refractivity contribution in [2.24, 2.45) is 0 Å². The molecule has 2 rings (SSSR count). The minimum atomic E-state index is -0.240. The summed E-state index contributed by atoms with van der Waals surface area (Å²) < 4.78 is 5.07. The minimum absolute atomic E-state index is 0.0763. The fraction of sp³-hybridized carbons (Fsp3) is 0.263. The van der Waals surface area contributed by atoms with Gasteiger partial charge in [0.05, 0.1) is 7.11 Å². The summed E-state index contributed by atoms with van der Waals surface area (Å²) >= 11 is 0. The zero-order chi connectivity index (χ0) is 18.2.